The van der Waals surface area contributed by atoms with Crippen molar-refractivity contribution in [3.63, 3.8) is 0 Å². The van der Waals surface area contributed by atoms with Gasteiger partial charge in [0, 0.05) is 5.92 Å². The summed E-state index contributed by atoms with van der Waals surface area (Å²) in [6.45, 7) is 5.28. The average molecular weight is 378 g/mol. The first-order chi connectivity index (χ1) is 12.8. The van der Waals surface area contributed by atoms with Crippen molar-refractivity contribution in [2.45, 2.75) is 89.8 Å². The fourth-order valence-electron chi connectivity index (χ4n) is 4.88. The predicted octanol–water partition coefficient (Wildman–Crippen LogP) is 4.94. The Bertz CT molecular complexity index is 495. The van der Waals surface area contributed by atoms with Crippen LogP contribution in [-0.4, -0.2) is 47.5 Å². The number of hydrogen-bond acceptors (Lipinski definition) is 3. The van der Waals surface area contributed by atoms with E-state index in [0.717, 1.165) is 25.7 Å². The molecule has 5 atom stereocenters. The fourth-order valence-corrected chi connectivity index (χ4v) is 4.88. The molecule has 0 radical (unpaired) electrons. The molecule has 1 saturated carbocycles. The third-order valence-corrected chi connectivity index (χ3v) is 6.52. The van der Waals surface area contributed by atoms with Crippen LogP contribution in [0.1, 0.15) is 78.1 Å². The van der Waals surface area contributed by atoms with Gasteiger partial charge in [-0.05, 0) is 77.9 Å². The SMILES string of the molecule is CCCCC[C@@](C)(O)/C=C/[C@@H]1[C@H]2CC(CCCCCN(C)C)=C[C@H]2C[C@H]1O. The lowest BCUT2D eigenvalue weighted by molar-refractivity contribution is 0.0957. The molecule has 0 unspecified atom stereocenters. The van der Waals surface area contributed by atoms with E-state index >= 15 is 0 Å². The van der Waals surface area contributed by atoms with Crippen LogP contribution < -0.4 is 0 Å². The highest BCUT2D eigenvalue weighted by molar-refractivity contribution is 5.21. The lowest BCUT2D eigenvalue weighted by atomic mass is 9.87. The van der Waals surface area contributed by atoms with Crippen molar-refractivity contribution >= 4 is 0 Å². The van der Waals surface area contributed by atoms with Gasteiger partial charge in [-0.1, -0.05) is 56.4 Å². The van der Waals surface area contributed by atoms with Crippen LogP contribution >= 0.6 is 0 Å². The van der Waals surface area contributed by atoms with Crippen LogP contribution in [0.4, 0.5) is 0 Å². The molecule has 2 aliphatic rings. The fraction of sp³-hybridized carbons (Fsp3) is 0.833. The molecule has 1 fully saturated rings. The van der Waals surface area contributed by atoms with Crippen LogP contribution in [0.25, 0.3) is 0 Å². The second-order valence-electron chi connectivity index (χ2n) is 9.52. The molecular weight excluding hydrogens is 334 g/mol. The number of allylic oxidation sites excluding steroid dienone is 2. The van der Waals surface area contributed by atoms with E-state index in [1.165, 1.54) is 45.1 Å². The third kappa shape index (κ3) is 7.36. The van der Waals surface area contributed by atoms with Gasteiger partial charge in [0.25, 0.3) is 0 Å². The molecule has 27 heavy (non-hydrogen) atoms. The molecule has 2 N–H and O–H groups in total. The third-order valence-electron chi connectivity index (χ3n) is 6.52. The number of rotatable bonds is 12. The zero-order valence-corrected chi connectivity index (χ0v) is 18.2. The molecule has 0 aromatic heterocycles. The smallest absolute Gasteiger partial charge is 0.0799 e. The highest BCUT2D eigenvalue weighted by Gasteiger charge is 2.43. The van der Waals surface area contributed by atoms with E-state index in [1.54, 1.807) is 5.57 Å². The first-order valence-corrected chi connectivity index (χ1v) is 11.3. The number of unbranched alkanes of at least 4 members (excludes halogenated alkanes) is 4. The summed E-state index contributed by atoms with van der Waals surface area (Å²) in [6.07, 6.45) is 17.7. The maximum atomic E-state index is 10.6. The minimum atomic E-state index is -0.742. The van der Waals surface area contributed by atoms with E-state index in [9.17, 15) is 10.2 Å². The number of hydrogen-bond donors (Lipinski definition) is 2. The largest absolute Gasteiger partial charge is 0.392 e. The van der Waals surface area contributed by atoms with Crippen molar-refractivity contribution in [3.05, 3.63) is 23.8 Å². The number of nitrogens with zero attached hydrogens (tertiary/aromatic N) is 1. The van der Waals surface area contributed by atoms with Gasteiger partial charge in [-0.2, -0.15) is 0 Å². The maximum Gasteiger partial charge on any atom is 0.0799 e. The highest BCUT2D eigenvalue weighted by Crippen LogP contribution is 2.48. The van der Waals surface area contributed by atoms with E-state index in [2.05, 4.69) is 38.1 Å². The molecule has 3 nitrogen and oxygen atoms in total. The quantitative estimate of drug-likeness (QED) is 0.374. The van der Waals surface area contributed by atoms with Gasteiger partial charge in [0.1, 0.15) is 0 Å². The minimum Gasteiger partial charge on any atom is -0.392 e. The second-order valence-corrected chi connectivity index (χ2v) is 9.52. The van der Waals surface area contributed by atoms with Crippen LogP contribution in [0.2, 0.25) is 0 Å². The summed E-state index contributed by atoms with van der Waals surface area (Å²) in [5, 5.41) is 21.1. The Morgan fingerprint density at radius 3 is 2.67 bits per heavy atom. The Morgan fingerprint density at radius 1 is 1.19 bits per heavy atom. The molecule has 0 bridgehead atoms. The van der Waals surface area contributed by atoms with E-state index in [4.69, 9.17) is 0 Å². The van der Waals surface area contributed by atoms with Crippen molar-refractivity contribution in [1.82, 2.24) is 4.90 Å². The zero-order chi connectivity index (χ0) is 19.9. The van der Waals surface area contributed by atoms with E-state index in [1.807, 2.05) is 13.0 Å². The van der Waals surface area contributed by atoms with Crippen LogP contribution in [0.5, 0.6) is 0 Å². The predicted molar refractivity (Wildman–Crippen MR) is 115 cm³/mol. The monoisotopic (exact) mass is 377 g/mol. The molecule has 3 heteroatoms. The summed E-state index contributed by atoms with van der Waals surface area (Å²) in [5.41, 5.74) is 0.865. The molecule has 0 saturated heterocycles. The van der Waals surface area contributed by atoms with Gasteiger partial charge in [0.2, 0.25) is 0 Å². The van der Waals surface area contributed by atoms with Gasteiger partial charge in [-0.3, -0.25) is 0 Å². The summed E-state index contributed by atoms with van der Waals surface area (Å²) < 4.78 is 0. The van der Waals surface area contributed by atoms with Crippen LogP contribution in [0.3, 0.4) is 0 Å². The van der Waals surface area contributed by atoms with Gasteiger partial charge in [0.15, 0.2) is 0 Å². The van der Waals surface area contributed by atoms with Crippen molar-refractivity contribution in [2.75, 3.05) is 20.6 Å². The number of aliphatic hydroxyl groups excluding tert-OH is 1. The van der Waals surface area contributed by atoms with Crippen molar-refractivity contribution in [3.8, 4) is 0 Å². The summed E-state index contributed by atoms with van der Waals surface area (Å²) in [6, 6.07) is 0. The van der Waals surface area contributed by atoms with Crippen LogP contribution in [-0.2, 0) is 0 Å². The molecule has 2 rings (SSSR count). The Kier molecular flexibility index (Phi) is 9.04. The van der Waals surface area contributed by atoms with Crippen LogP contribution in [0, 0.1) is 17.8 Å². The summed E-state index contributed by atoms with van der Waals surface area (Å²) in [5.74, 6) is 1.28. The van der Waals surface area contributed by atoms with E-state index in [0.29, 0.717) is 11.8 Å². The summed E-state index contributed by atoms with van der Waals surface area (Å²) in [7, 11) is 4.28. The summed E-state index contributed by atoms with van der Waals surface area (Å²) in [4.78, 5) is 2.26. The van der Waals surface area contributed by atoms with Gasteiger partial charge in [0.05, 0.1) is 11.7 Å². The van der Waals surface area contributed by atoms with Gasteiger partial charge >= 0.3 is 0 Å². The second kappa shape index (κ2) is 10.8. The molecular formula is C24H43NO2. The Labute approximate surface area is 167 Å². The molecule has 2 aliphatic carbocycles. The molecule has 0 heterocycles. The maximum absolute atomic E-state index is 10.6. The van der Waals surface area contributed by atoms with Crippen molar-refractivity contribution in [2.24, 2.45) is 17.8 Å². The van der Waals surface area contributed by atoms with Gasteiger partial charge < -0.3 is 15.1 Å². The molecule has 0 amide bonds. The molecule has 0 aliphatic heterocycles. The highest BCUT2D eigenvalue weighted by atomic mass is 16.3. The molecule has 156 valence electrons. The number of fused-ring (bicyclic) bond motifs is 1. The lowest BCUT2D eigenvalue weighted by Gasteiger charge is -2.22. The topological polar surface area (TPSA) is 43.7 Å². The average Bonchev–Trinajstić information content (AvgIpc) is 3.09. The normalized spacial score (nSPS) is 30.1. The Morgan fingerprint density at radius 2 is 1.96 bits per heavy atom. The summed E-state index contributed by atoms with van der Waals surface area (Å²) >= 11 is 0. The minimum absolute atomic E-state index is 0.204. The van der Waals surface area contributed by atoms with E-state index < -0.39 is 5.60 Å². The standard InChI is InChI=1S/C24H43NO2/c1-5-6-9-13-24(2,27)14-12-21-22-17-19(16-20(22)18-23(21)26)11-8-7-10-15-25(3)4/h12,14,16,20-23,26-27H,5-11,13,15,17-18H2,1-4H3/b14-12+/t20-,21+,22-,23+,24+/m0/s1. The number of aliphatic hydroxyl groups is 2. The van der Waals surface area contributed by atoms with Gasteiger partial charge in [-0.25, -0.2) is 0 Å². The first-order valence-electron chi connectivity index (χ1n) is 11.3. The zero-order valence-electron chi connectivity index (χ0n) is 18.2. The molecule has 0 aromatic carbocycles. The Balaban J connectivity index is 1.80. The molecule has 0 spiro atoms. The lowest BCUT2D eigenvalue weighted by Crippen LogP contribution is -2.23. The molecule has 0 aromatic rings. The van der Waals surface area contributed by atoms with Crippen molar-refractivity contribution in [1.29, 1.82) is 0 Å². The first kappa shape index (κ1) is 22.6. The van der Waals surface area contributed by atoms with Crippen LogP contribution in [0.15, 0.2) is 23.8 Å². The Hall–Kier alpha value is -0.640. The van der Waals surface area contributed by atoms with E-state index in [-0.39, 0.29) is 12.0 Å². The van der Waals surface area contributed by atoms with Crippen molar-refractivity contribution < 1.29 is 10.2 Å². The van der Waals surface area contributed by atoms with Gasteiger partial charge in [-0.15, -0.1) is 0 Å².